The minimum atomic E-state index is -0.471. The number of piperidine rings is 1. The lowest BCUT2D eigenvalue weighted by molar-refractivity contribution is -0.136. The molecule has 1 amide bonds. The maximum Gasteiger partial charge on any atom is 0.227 e. The van der Waals surface area contributed by atoms with Crippen molar-refractivity contribution in [2.75, 3.05) is 26.2 Å². The van der Waals surface area contributed by atoms with Gasteiger partial charge in [-0.2, -0.15) is 0 Å². The Kier molecular flexibility index (Phi) is 3.87. The Morgan fingerprint density at radius 2 is 1.82 bits per heavy atom. The lowest BCUT2D eigenvalue weighted by atomic mass is 9.64. The quantitative estimate of drug-likeness (QED) is 0.867. The van der Waals surface area contributed by atoms with E-state index in [1.165, 1.54) is 19.3 Å². The number of ketones is 1. The van der Waals surface area contributed by atoms with Crippen LogP contribution in [0.4, 0.5) is 0 Å². The van der Waals surface area contributed by atoms with Gasteiger partial charge in [0.1, 0.15) is 5.78 Å². The first-order valence-corrected chi connectivity index (χ1v) is 8.87. The van der Waals surface area contributed by atoms with Crippen molar-refractivity contribution in [1.29, 1.82) is 0 Å². The highest BCUT2D eigenvalue weighted by atomic mass is 16.2. The van der Waals surface area contributed by atoms with Crippen molar-refractivity contribution < 1.29 is 9.59 Å². The van der Waals surface area contributed by atoms with Gasteiger partial charge in [-0.1, -0.05) is 27.2 Å². The highest BCUT2D eigenvalue weighted by Crippen LogP contribution is 2.70. The molecular formula is C18H30N2O2. The first-order valence-electron chi connectivity index (χ1n) is 8.87. The van der Waals surface area contributed by atoms with Crippen molar-refractivity contribution in [3.8, 4) is 0 Å². The van der Waals surface area contributed by atoms with Crippen molar-refractivity contribution >= 4 is 11.7 Å². The normalized spacial score (nSPS) is 37.5. The van der Waals surface area contributed by atoms with E-state index in [0.717, 1.165) is 32.5 Å². The average Bonchev–Trinajstić information content (AvgIpc) is 2.78. The van der Waals surface area contributed by atoms with Gasteiger partial charge in [0.05, 0.1) is 5.41 Å². The molecule has 124 valence electrons. The van der Waals surface area contributed by atoms with Crippen LogP contribution >= 0.6 is 0 Å². The summed E-state index contributed by atoms with van der Waals surface area (Å²) in [5.41, 5.74) is -1.01. The summed E-state index contributed by atoms with van der Waals surface area (Å²) in [6.45, 7) is 10.3. The molecule has 22 heavy (non-hydrogen) atoms. The van der Waals surface area contributed by atoms with E-state index in [1.54, 1.807) is 0 Å². The number of hydrogen-bond acceptors (Lipinski definition) is 3. The van der Waals surface area contributed by atoms with E-state index in [1.807, 2.05) is 0 Å². The Bertz CT molecular complexity index is 481. The van der Waals surface area contributed by atoms with Crippen LogP contribution in [0, 0.1) is 16.2 Å². The molecule has 1 saturated heterocycles. The third-order valence-electron chi connectivity index (χ3n) is 7.30. The second kappa shape index (κ2) is 5.33. The number of rotatable bonds is 4. The molecule has 1 heterocycles. The molecule has 3 aliphatic rings. The van der Waals surface area contributed by atoms with Gasteiger partial charge in [0.15, 0.2) is 0 Å². The first-order chi connectivity index (χ1) is 10.3. The molecule has 0 radical (unpaired) electrons. The van der Waals surface area contributed by atoms with Gasteiger partial charge in [-0.05, 0) is 44.2 Å². The fourth-order valence-electron chi connectivity index (χ4n) is 5.04. The number of hydrogen-bond donors (Lipinski definition) is 1. The van der Waals surface area contributed by atoms with Crippen molar-refractivity contribution in [2.45, 2.75) is 59.3 Å². The predicted molar refractivity (Wildman–Crippen MR) is 86.5 cm³/mol. The average molecular weight is 306 g/mol. The van der Waals surface area contributed by atoms with Crippen molar-refractivity contribution in [3.05, 3.63) is 0 Å². The Balaban J connectivity index is 1.61. The molecule has 1 aliphatic heterocycles. The number of amides is 1. The monoisotopic (exact) mass is 306 g/mol. The van der Waals surface area contributed by atoms with Crippen LogP contribution in [0.5, 0.6) is 0 Å². The van der Waals surface area contributed by atoms with Crippen LogP contribution in [-0.2, 0) is 9.59 Å². The second-order valence-corrected chi connectivity index (χ2v) is 8.30. The minimum absolute atomic E-state index is 0.115. The lowest BCUT2D eigenvalue weighted by Crippen LogP contribution is -2.48. The third-order valence-corrected chi connectivity index (χ3v) is 7.30. The number of nitrogens with zero attached hydrogens (tertiary/aromatic N) is 1. The molecule has 2 aliphatic carbocycles. The molecule has 1 N–H and O–H groups in total. The van der Waals surface area contributed by atoms with E-state index in [4.69, 9.17) is 0 Å². The van der Waals surface area contributed by atoms with Crippen LogP contribution < -0.4 is 5.32 Å². The second-order valence-electron chi connectivity index (χ2n) is 8.30. The Labute approximate surface area is 134 Å². The topological polar surface area (TPSA) is 49.4 Å². The van der Waals surface area contributed by atoms with Crippen LogP contribution in [0.2, 0.25) is 0 Å². The van der Waals surface area contributed by atoms with Gasteiger partial charge in [0.25, 0.3) is 0 Å². The first kappa shape index (κ1) is 16.0. The molecule has 0 aromatic rings. The van der Waals surface area contributed by atoms with Gasteiger partial charge in [-0.3, -0.25) is 9.59 Å². The molecular weight excluding hydrogens is 276 g/mol. The standard InChI is InChI=1S/C18H30N2O2/c1-16(2)17(3)7-8-18(16,13-14(17)21)15(22)19-9-12-20-10-5-4-6-11-20/h4-13H2,1-3H3,(H,19,22)/t17-,18+/m1/s1. The molecule has 0 unspecified atom stereocenters. The largest absolute Gasteiger partial charge is 0.354 e. The summed E-state index contributed by atoms with van der Waals surface area (Å²) in [6.07, 6.45) is 6.04. The highest BCUT2D eigenvalue weighted by molar-refractivity contribution is 5.99. The van der Waals surface area contributed by atoms with E-state index in [9.17, 15) is 9.59 Å². The summed E-state index contributed by atoms with van der Waals surface area (Å²) in [6, 6.07) is 0. The van der Waals surface area contributed by atoms with E-state index < -0.39 is 5.41 Å². The van der Waals surface area contributed by atoms with Crippen LogP contribution in [0.25, 0.3) is 0 Å². The van der Waals surface area contributed by atoms with Gasteiger partial charge in [0.2, 0.25) is 5.91 Å². The summed E-state index contributed by atoms with van der Waals surface area (Å²) >= 11 is 0. The maximum atomic E-state index is 12.9. The van der Waals surface area contributed by atoms with Gasteiger partial charge < -0.3 is 10.2 Å². The maximum absolute atomic E-state index is 12.9. The molecule has 0 spiro atoms. The summed E-state index contributed by atoms with van der Waals surface area (Å²) < 4.78 is 0. The van der Waals surface area contributed by atoms with Gasteiger partial charge in [-0.25, -0.2) is 0 Å². The number of carbonyl (C=O) groups excluding carboxylic acids is 2. The van der Waals surface area contributed by atoms with Gasteiger partial charge >= 0.3 is 0 Å². The molecule has 2 bridgehead atoms. The zero-order valence-corrected chi connectivity index (χ0v) is 14.3. The zero-order valence-electron chi connectivity index (χ0n) is 14.3. The summed E-state index contributed by atoms with van der Waals surface area (Å²) in [5, 5.41) is 3.15. The van der Waals surface area contributed by atoms with E-state index >= 15 is 0 Å². The van der Waals surface area contributed by atoms with Crippen LogP contribution in [-0.4, -0.2) is 42.8 Å². The predicted octanol–water partition coefficient (Wildman–Crippen LogP) is 2.37. The lowest BCUT2D eigenvalue weighted by Gasteiger charge is -2.38. The molecule has 2 saturated carbocycles. The Hall–Kier alpha value is -0.900. The van der Waals surface area contributed by atoms with Crippen LogP contribution in [0.3, 0.4) is 0 Å². The number of fused-ring (bicyclic) bond motifs is 2. The van der Waals surface area contributed by atoms with E-state index in [0.29, 0.717) is 13.0 Å². The van der Waals surface area contributed by atoms with Crippen molar-refractivity contribution in [2.24, 2.45) is 16.2 Å². The van der Waals surface area contributed by atoms with E-state index in [2.05, 4.69) is 31.0 Å². The van der Waals surface area contributed by atoms with Gasteiger partial charge in [-0.15, -0.1) is 0 Å². The van der Waals surface area contributed by atoms with E-state index in [-0.39, 0.29) is 22.5 Å². The fraction of sp³-hybridized carbons (Fsp3) is 0.889. The molecule has 3 fully saturated rings. The number of carbonyl (C=O) groups is 2. The fourth-order valence-corrected chi connectivity index (χ4v) is 5.04. The third kappa shape index (κ3) is 2.06. The summed E-state index contributed by atoms with van der Waals surface area (Å²) in [7, 11) is 0. The number of nitrogens with one attached hydrogen (secondary N) is 1. The molecule has 2 atom stereocenters. The van der Waals surface area contributed by atoms with Crippen molar-refractivity contribution in [3.63, 3.8) is 0 Å². The molecule has 0 aromatic heterocycles. The molecule has 3 rings (SSSR count). The minimum Gasteiger partial charge on any atom is -0.354 e. The van der Waals surface area contributed by atoms with Crippen molar-refractivity contribution in [1.82, 2.24) is 10.2 Å². The van der Waals surface area contributed by atoms with Crippen LogP contribution in [0.1, 0.15) is 59.3 Å². The number of Topliss-reactive ketones (excluding diaryl/α,β-unsaturated/α-hetero) is 1. The summed E-state index contributed by atoms with van der Waals surface area (Å²) in [4.78, 5) is 27.7. The van der Waals surface area contributed by atoms with Gasteiger partial charge in [0, 0.05) is 24.9 Å². The highest BCUT2D eigenvalue weighted by Gasteiger charge is 2.72. The molecule has 4 heteroatoms. The Morgan fingerprint density at radius 1 is 1.14 bits per heavy atom. The smallest absolute Gasteiger partial charge is 0.227 e. The molecule has 4 nitrogen and oxygen atoms in total. The van der Waals surface area contributed by atoms with Crippen LogP contribution in [0.15, 0.2) is 0 Å². The SMILES string of the molecule is CC1(C)[C@@]2(C(=O)NCCN3CCCCC3)CC[C@]1(C)C(=O)C2. The number of likely N-dealkylation sites (tertiary alicyclic amines) is 1. The molecule has 0 aromatic carbocycles. The Morgan fingerprint density at radius 3 is 2.36 bits per heavy atom. The summed E-state index contributed by atoms with van der Waals surface area (Å²) in [5.74, 6) is 0.402. The zero-order chi connectivity index (χ0) is 16.0.